The summed E-state index contributed by atoms with van der Waals surface area (Å²) in [7, 11) is 0. The molecule has 0 spiro atoms. The van der Waals surface area contributed by atoms with E-state index in [9.17, 15) is 4.79 Å². The SMILES string of the molecule is Nc1c(C(=O)NCc2ccccc2Cl)c2nc3ccccc3nc2n1N. The van der Waals surface area contributed by atoms with Gasteiger partial charge in [-0.25, -0.2) is 14.6 Å². The second kappa shape index (κ2) is 6.20. The van der Waals surface area contributed by atoms with E-state index in [1.165, 1.54) is 4.68 Å². The van der Waals surface area contributed by atoms with E-state index in [4.69, 9.17) is 23.2 Å². The molecule has 0 radical (unpaired) electrons. The Morgan fingerprint density at radius 3 is 2.46 bits per heavy atom. The number of benzene rings is 2. The number of hydrogen-bond donors (Lipinski definition) is 3. The lowest BCUT2D eigenvalue weighted by Crippen LogP contribution is -2.24. The zero-order valence-electron chi connectivity index (χ0n) is 13.6. The van der Waals surface area contributed by atoms with Crippen molar-refractivity contribution in [2.24, 2.45) is 0 Å². The standard InChI is InChI=1S/C18H15ClN6O/c19-11-6-2-1-5-10(11)9-22-18(26)14-15-17(25(21)16(14)20)24-13-8-4-3-7-12(13)23-15/h1-8H,9,20-21H2,(H,22,26). The summed E-state index contributed by atoms with van der Waals surface area (Å²) < 4.78 is 1.18. The third kappa shape index (κ3) is 2.58. The summed E-state index contributed by atoms with van der Waals surface area (Å²) in [6.45, 7) is 0.260. The second-order valence-electron chi connectivity index (χ2n) is 5.79. The number of nitrogens with one attached hydrogen (secondary N) is 1. The van der Waals surface area contributed by atoms with Crippen molar-refractivity contribution in [3.05, 3.63) is 64.7 Å². The molecular formula is C18H15ClN6O. The highest BCUT2D eigenvalue weighted by Gasteiger charge is 2.23. The molecule has 0 atom stereocenters. The molecule has 5 N–H and O–H groups in total. The second-order valence-corrected chi connectivity index (χ2v) is 6.20. The average molecular weight is 367 g/mol. The van der Waals surface area contributed by atoms with E-state index in [0.29, 0.717) is 27.2 Å². The van der Waals surface area contributed by atoms with Crippen molar-refractivity contribution >= 4 is 45.5 Å². The number of halogens is 1. The number of nitrogens with two attached hydrogens (primary N) is 2. The van der Waals surface area contributed by atoms with E-state index in [-0.39, 0.29) is 23.8 Å². The highest BCUT2D eigenvalue weighted by Crippen LogP contribution is 2.26. The summed E-state index contributed by atoms with van der Waals surface area (Å²) in [6, 6.07) is 14.6. The topological polar surface area (TPSA) is 112 Å². The maximum atomic E-state index is 12.7. The first-order valence-corrected chi connectivity index (χ1v) is 8.27. The van der Waals surface area contributed by atoms with Crippen molar-refractivity contribution in [3.8, 4) is 0 Å². The Hall–Kier alpha value is -3.32. The Balaban J connectivity index is 1.75. The Morgan fingerprint density at radius 1 is 1.08 bits per heavy atom. The molecule has 0 saturated heterocycles. The summed E-state index contributed by atoms with van der Waals surface area (Å²) in [6.07, 6.45) is 0. The van der Waals surface area contributed by atoms with E-state index in [1.807, 2.05) is 42.5 Å². The van der Waals surface area contributed by atoms with Gasteiger partial charge < -0.3 is 16.9 Å². The smallest absolute Gasteiger partial charge is 0.257 e. The van der Waals surface area contributed by atoms with Gasteiger partial charge in [-0.1, -0.05) is 41.9 Å². The monoisotopic (exact) mass is 366 g/mol. The molecule has 0 aliphatic rings. The number of carbonyl (C=O) groups is 1. The largest absolute Gasteiger partial charge is 0.383 e. The van der Waals surface area contributed by atoms with Gasteiger partial charge in [-0.3, -0.25) is 4.79 Å². The van der Waals surface area contributed by atoms with Gasteiger partial charge in [0.15, 0.2) is 5.65 Å². The first kappa shape index (κ1) is 16.2. The van der Waals surface area contributed by atoms with Gasteiger partial charge >= 0.3 is 0 Å². The fourth-order valence-corrected chi connectivity index (χ4v) is 3.01. The number of nitrogen functional groups attached to an aromatic ring is 2. The zero-order valence-corrected chi connectivity index (χ0v) is 14.4. The van der Waals surface area contributed by atoms with Gasteiger partial charge in [0.1, 0.15) is 16.9 Å². The maximum Gasteiger partial charge on any atom is 0.257 e. The van der Waals surface area contributed by atoms with Crippen LogP contribution in [0.3, 0.4) is 0 Å². The van der Waals surface area contributed by atoms with Crippen LogP contribution in [0.4, 0.5) is 5.82 Å². The molecule has 7 nitrogen and oxygen atoms in total. The van der Waals surface area contributed by atoms with E-state index in [0.717, 1.165) is 5.56 Å². The number of nitrogens with zero attached hydrogens (tertiary/aromatic N) is 3. The van der Waals surface area contributed by atoms with Crippen molar-refractivity contribution in [2.75, 3.05) is 11.6 Å². The first-order chi connectivity index (χ1) is 12.6. The number of amides is 1. The summed E-state index contributed by atoms with van der Waals surface area (Å²) in [5, 5.41) is 3.39. The quantitative estimate of drug-likeness (QED) is 0.482. The lowest BCUT2D eigenvalue weighted by atomic mass is 10.2. The van der Waals surface area contributed by atoms with Gasteiger partial charge in [0.2, 0.25) is 0 Å². The molecule has 26 heavy (non-hydrogen) atoms. The summed E-state index contributed by atoms with van der Waals surface area (Å²) in [5.74, 6) is 5.70. The Kier molecular flexibility index (Phi) is 3.85. The van der Waals surface area contributed by atoms with Crippen LogP contribution in [0.25, 0.3) is 22.2 Å². The van der Waals surface area contributed by atoms with Crippen LogP contribution in [0, 0.1) is 0 Å². The fourth-order valence-electron chi connectivity index (χ4n) is 2.81. The van der Waals surface area contributed by atoms with Crippen LogP contribution < -0.4 is 16.9 Å². The first-order valence-electron chi connectivity index (χ1n) is 7.89. The molecule has 8 heteroatoms. The van der Waals surface area contributed by atoms with Gasteiger partial charge in [-0.2, -0.15) is 0 Å². The minimum absolute atomic E-state index is 0.104. The Bertz CT molecular complexity index is 1150. The molecule has 0 aliphatic heterocycles. The molecule has 0 saturated carbocycles. The summed E-state index contributed by atoms with van der Waals surface area (Å²) >= 11 is 6.13. The maximum absolute atomic E-state index is 12.7. The third-order valence-corrected chi connectivity index (χ3v) is 4.53. The normalized spacial score (nSPS) is 11.1. The molecule has 130 valence electrons. The molecular weight excluding hydrogens is 352 g/mol. The molecule has 0 fully saturated rings. The highest BCUT2D eigenvalue weighted by atomic mass is 35.5. The number of aromatic nitrogens is 3. The number of para-hydroxylation sites is 2. The highest BCUT2D eigenvalue weighted by molar-refractivity contribution is 6.31. The predicted octanol–water partition coefficient (Wildman–Crippen LogP) is 2.46. The van der Waals surface area contributed by atoms with Crippen molar-refractivity contribution in [3.63, 3.8) is 0 Å². The fraction of sp³-hybridized carbons (Fsp3) is 0.0556. The molecule has 0 bridgehead atoms. The zero-order chi connectivity index (χ0) is 18.3. The molecule has 4 aromatic rings. The Labute approximate surface area is 153 Å². The number of fused-ring (bicyclic) bond motifs is 2. The molecule has 1 amide bonds. The van der Waals surface area contributed by atoms with Crippen LogP contribution in [-0.2, 0) is 6.54 Å². The number of anilines is 1. The van der Waals surface area contributed by atoms with Crippen molar-refractivity contribution in [1.29, 1.82) is 0 Å². The van der Waals surface area contributed by atoms with E-state index >= 15 is 0 Å². The minimum Gasteiger partial charge on any atom is -0.383 e. The Morgan fingerprint density at radius 2 is 1.73 bits per heavy atom. The molecule has 2 aromatic heterocycles. The van der Waals surface area contributed by atoms with Gasteiger partial charge in [0.05, 0.1) is 11.0 Å². The van der Waals surface area contributed by atoms with Crippen LogP contribution in [0.5, 0.6) is 0 Å². The van der Waals surface area contributed by atoms with Crippen LogP contribution in [0.15, 0.2) is 48.5 Å². The van der Waals surface area contributed by atoms with Crippen LogP contribution in [0.2, 0.25) is 5.02 Å². The van der Waals surface area contributed by atoms with E-state index in [1.54, 1.807) is 6.07 Å². The third-order valence-electron chi connectivity index (χ3n) is 4.16. The van der Waals surface area contributed by atoms with Gasteiger partial charge in [-0.15, -0.1) is 0 Å². The van der Waals surface area contributed by atoms with Crippen molar-refractivity contribution < 1.29 is 4.79 Å². The van der Waals surface area contributed by atoms with Crippen LogP contribution >= 0.6 is 11.6 Å². The number of carbonyl (C=O) groups excluding carboxylic acids is 1. The van der Waals surface area contributed by atoms with Gasteiger partial charge in [0.25, 0.3) is 5.91 Å². The van der Waals surface area contributed by atoms with Crippen molar-refractivity contribution in [2.45, 2.75) is 6.54 Å². The predicted molar refractivity (Wildman–Crippen MR) is 102 cm³/mol. The molecule has 0 unspecified atom stereocenters. The van der Waals surface area contributed by atoms with Crippen LogP contribution in [0.1, 0.15) is 15.9 Å². The lowest BCUT2D eigenvalue weighted by molar-refractivity contribution is 0.0953. The van der Waals surface area contributed by atoms with E-state index in [2.05, 4.69) is 15.3 Å². The molecule has 0 aliphatic carbocycles. The molecule has 2 heterocycles. The van der Waals surface area contributed by atoms with Crippen molar-refractivity contribution in [1.82, 2.24) is 20.0 Å². The minimum atomic E-state index is -0.388. The van der Waals surface area contributed by atoms with Crippen LogP contribution in [-0.4, -0.2) is 20.6 Å². The molecule has 2 aromatic carbocycles. The number of rotatable bonds is 3. The van der Waals surface area contributed by atoms with Gasteiger partial charge in [0, 0.05) is 11.6 Å². The van der Waals surface area contributed by atoms with Gasteiger partial charge in [-0.05, 0) is 23.8 Å². The average Bonchev–Trinajstić information content (AvgIpc) is 2.89. The number of hydrogen-bond acceptors (Lipinski definition) is 5. The summed E-state index contributed by atoms with van der Waals surface area (Å²) in [5.41, 5.74) is 9.09. The lowest BCUT2D eigenvalue weighted by Gasteiger charge is -2.07. The van der Waals surface area contributed by atoms with E-state index < -0.39 is 0 Å². The summed E-state index contributed by atoms with van der Waals surface area (Å²) in [4.78, 5) is 21.7. The molecule has 4 rings (SSSR count).